The van der Waals surface area contributed by atoms with E-state index >= 15 is 0 Å². The summed E-state index contributed by atoms with van der Waals surface area (Å²) in [5.41, 5.74) is -1.54. The van der Waals surface area contributed by atoms with Crippen molar-refractivity contribution in [2.45, 2.75) is 50.8 Å². The Bertz CT molecular complexity index is 1090. The van der Waals surface area contributed by atoms with Crippen LogP contribution in [0.25, 0.3) is 6.08 Å². The fourth-order valence-electron chi connectivity index (χ4n) is 4.44. The molecule has 4 nitrogen and oxygen atoms in total. The number of fused-ring (bicyclic) bond motifs is 1. The lowest BCUT2D eigenvalue weighted by Gasteiger charge is -2.38. The van der Waals surface area contributed by atoms with Gasteiger partial charge in [-0.15, -0.1) is 0 Å². The molecular formula is C26H30F4N2O2. The minimum atomic E-state index is -4.93. The predicted octanol–water partition coefficient (Wildman–Crippen LogP) is 5.92. The summed E-state index contributed by atoms with van der Waals surface area (Å²) in [5.74, 6) is -0.128. The zero-order valence-corrected chi connectivity index (χ0v) is 19.8. The first-order valence-electron chi connectivity index (χ1n) is 11.1. The average Bonchev–Trinajstić information content (AvgIpc) is 3.20. The summed E-state index contributed by atoms with van der Waals surface area (Å²) in [6.07, 6.45) is 0.0274. The zero-order chi connectivity index (χ0) is 25.1. The van der Waals surface area contributed by atoms with E-state index < -0.39 is 36.0 Å². The first kappa shape index (κ1) is 25.7. The maximum absolute atomic E-state index is 14.2. The molecule has 0 saturated heterocycles. The summed E-state index contributed by atoms with van der Waals surface area (Å²) in [6.45, 7) is 4.49. The van der Waals surface area contributed by atoms with E-state index in [1.165, 1.54) is 12.1 Å². The maximum atomic E-state index is 14.2. The highest BCUT2D eigenvalue weighted by atomic mass is 19.4. The summed E-state index contributed by atoms with van der Waals surface area (Å²) in [4.78, 5) is 4.00. The Kier molecular flexibility index (Phi) is 7.41. The van der Waals surface area contributed by atoms with E-state index in [4.69, 9.17) is 4.74 Å². The molecule has 184 valence electrons. The average molecular weight is 479 g/mol. The fourth-order valence-corrected chi connectivity index (χ4v) is 4.44. The second-order valence-electron chi connectivity index (χ2n) is 9.18. The number of benzene rings is 2. The number of aliphatic imine (C=N–C) groups is 1. The topological polar surface area (TPSA) is 53.9 Å². The number of hydrogen-bond acceptors (Lipinski definition) is 4. The Labute approximate surface area is 197 Å². The number of hydrogen-bond donors (Lipinski definition) is 2. The van der Waals surface area contributed by atoms with E-state index in [0.29, 0.717) is 41.2 Å². The van der Waals surface area contributed by atoms with E-state index in [1.807, 2.05) is 0 Å². The van der Waals surface area contributed by atoms with E-state index in [0.717, 1.165) is 5.56 Å². The van der Waals surface area contributed by atoms with Crippen LogP contribution < -0.4 is 10.1 Å². The van der Waals surface area contributed by atoms with Crippen LogP contribution in [0.4, 0.5) is 23.2 Å². The molecule has 2 N–H and O–H groups in total. The van der Waals surface area contributed by atoms with Crippen LogP contribution in [0.1, 0.15) is 49.4 Å². The molecule has 34 heavy (non-hydrogen) atoms. The van der Waals surface area contributed by atoms with E-state index in [-0.39, 0.29) is 0 Å². The molecule has 3 rings (SSSR count). The van der Waals surface area contributed by atoms with Gasteiger partial charge in [-0.25, -0.2) is 4.39 Å². The van der Waals surface area contributed by atoms with Gasteiger partial charge in [0.05, 0.1) is 13.2 Å². The van der Waals surface area contributed by atoms with Crippen molar-refractivity contribution >= 4 is 18.0 Å². The highest BCUT2D eigenvalue weighted by Gasteiger charge is 2.56. The SMILES string of the molecule is C/C=C\c1c(C=NC)cccc1NCC(O)(CC(C)(C)c1cc(F)cc2c1OCC2)C(F)(F)F. The van der Waals surface area contributed by atoms with Crippen molar-refractivity contribution in [3.05, 3.63) is 64.5 Å². The van der Waals surface area contributed by atoms with Gasteiger partial charge in [0.25, 0.3) is 0 Å². The second-order valence-corrected chi connectivity index (χ2v) is 9.18. The number of nitrogens with zero attached hydrogens (tertiary/aromatic N) is 1. The lowest BCUT2D eigenvalue weighted by Crippen LogP contribution is -2.53. The molecule has 0 fully saturated rings. The molecule has 0 bridgehead atoms. The smallest absolute Gasteiger partial charge is 0.418 e. The van der Waals surface area contributed by atoms with Gasteiger partial charge in [-0.05, 0) is 37.0 Å². The molecule has 2 aromatic carbocycles. The van der Waals surface area contributed by atoms with Gasteiger partial charge in [0.15, 0.2) is 5.60 Å². The van der Waals surface area contributed by atoms with Crippen LogP contribution in [0, 0.1) is 5.82 Å². The number of rotatable bonds is 8. The van der Waals surface area contributed by atoms with Crippen LogP contribution in [-0.2, 0) is 11.8 Å². The predicted molar refractivity (Wildman–Crippen MR) is 127 cm³/mol. The molecule has 1 aliphatic heterocycles. The second kappa shape index (κ2) is 9.78. The third-order valence-corrected chi connectivity index (χ3v) is 6.05. The Morgan fingerprint density at radius 1 is 1.21 bits per heavy atom. The molecule has 2 aromatic rings. The molecule has 0 radical (unpaired) electrons. The number of anilines is 1. The summed E-state index contributed by atoms with van der Waals surface area (Å²) in [6, 6.07) is 7.70. The van der Waals surface area contributed by atoms with Gasteiger partial charge >= 0.3 is 6.18 Å². The Morgan fingerprint density at radius 3 is 2.59 bits per heavy atom. The van der Waals surface area contributed by atoms with Crippen molar-refractivity contribution in [1.29, 1.82) is 0 Å². The van der Waals surface area contributed by atoms with Crippen LogP contribution in [0.2, 0.25) is 0 Å². The molecule has 8 heteroatoms. The minimum absolute atomic E-state index is 0.318. The Balaban J connectivity index is 1.95. The molecule has 1 aliphatic rings. The third kappa shape index (κ3) is 5.27. The Morgan fingerprint density at radius 2 is 1.94 bits per heavy atom. The highest BCUT2D eigenvalue weighted by molar-refractivity contribution is 5.89. The van der Waals surface area contributed by atoms with Crippen molar-refractivity contribution < 1.29 is 27.4 Å². The number of aliphatic hydroxyl groups is 1. The van der Waals surface area contributed by atoms with Crippen molar-refractivity contribution in [3.63, 3.8) is 0 Å². The fraction of sp³-hybridized carbons (Fsp3) is 0.423. The third-order valence-electron chi connectivity index (χ3n) is 6.05. The van der Waals surface area contributed by atoms with Gasteiger partial charge in [0.2, 0.25) is 0 Å². The van der Waals surface area contributed by atoms with Crippen molar-refractivity contribution in [3.8, 4) is 5.75 Å². The van der Waals surface area contributed by atoms with E-state index in [1.54, 1.807) is 64.4 Å². The lowest BCUT2D eigenvalue weighted by molar-refractivity contribution is -0.260. The van der Waals surface area contributed by atoms with E-state index in [9.17, 15) is 22.7 Å². The maximum Gasteiger partial charge on any atom is 0.418 e. The van der Waals surface area contributed by atoms with Gasteiger partial charge in [0, 0.05) is 47.6 Å². The van der Waals surface area contributed by atoms with Crippen LogP contribution in [0.5, 0.6) is 5.75 Å². The van der Waals surface area contributed by atoms with Gasteiger partial charge in [0.1, 0.15) is 11.6 Å². The first-order chi connectivity index (χ1) is 15.9. The van der Waals surface area contributed by atoms with E-state index in [2.05, 4.69) is 10.3 Å². The highest BCUT2D eigenvalue weighted by Crippen LogP contribution is 2.46. The number of halogens is 4. The van der Waals surface area contributed by atoms with Gasteiger partial charge < -0.3 is 15.2 Å². The summed E-state index contributed by atoms with van der Waals surface area (Å²) >= 11 is 0. The number of alkyl halides is 3. The van der Waals surface area contributed by atoms with Crippen LogP contribution in [-0.4, -0.2) is 43.3 Å². The standard InChI is InChI=1S/C26H30F4N2O2/c1-5-7-20-18(14-31-4)8-6-9-22(20)32-16-25(33,26(28,29)30)15-24(2,3)21-13-19(27)12-17-10-11-34-23(17)21/h5-9,12-14,32-33H,10-11,15-16H2,1-4H3/b7-5-,31-14?. The normalized spacial score (nSPS) is 16.0. The molecule has 1 heterocycles. The van der Waals surface area contributed by atoms with Crippen LogP contribution in [0.15, 0.2) is 41.4 Å². The molecule has 0 spiro atoms. The van der Waals surface area contributed by atoms with Gasteiger partial charge in [-0.3, -0.25) is 4.99 Å². The largest absolute Gasteiger partial charge is 0.493 e. The minimum Gasteiger partial charge on any atom is -0.493 e. The lowest BCUT2D eigenvalue weighted by atomic mass is 9.74. The molecular weight excluding hydrogens is 448 g/mol. The van der Waals surface area contributed by atoms with Crippen LogP contribution in [0.3, 0.4) is 0 Å². The summed E-state index contributed by atoms with van der Waals surface area (Å²) in [7, 11) is 1.61. The quantitative estimate of drug-likeness (QED) is 0.366. The summed E-state index contributed by atoms with van der Waals surface area (Å²) in [5, 5.41) is 13.7. The number of nitrogens with one attached hydrogen (secondary N) is 1. The monoisotopic (exact) mass is 478 g/mol. The van der Waals surface area contributed by atoms with Gasteiger partial charge in [-0.2, -0.15) is 13.2 Å². The molecule has 0 aromatic heterocycles. The van der Waals surface area contributed by atoms with Crippen molar-refractivity contribution in [1.82, 2.24) is 0 Å². The van der Waals surface area contributed by atoms with Gasteiger partial charge in [-0.1, -0.05) is 38.1 Å². The number of ether oxygens (including phenoxy) is 1. The first-order valence-corrected chi connectivity index (χ1v) is 11.1. The number of allylic oxidation sites excluding steroid dienone is 1. The molecule has 0 amide bonds. The van der Waals surface area contributed by atoms with Crippen molar-refractivity contribution in [2.24, 2.45) is 4.99 Å². The molecule has 0 saturated carbocycles. The molecule has 1 atom stereocenters. The molecule has 1 unspecified atom stereocenters. The van der Waals surface area contributed by atoms with Crippen LogP contribution >= 0.6 is 0 Å². The Hall–Kier alpha value is -2.87. The zero-order valence-electron chi connectivity index (χ0n) is 19.8. The van der Waals surface area contributed by atoms with Crippen molar-refractivity contribution in [2.75, 3.05) is 25.5 Å². The molecule has 0 aliphatic carbocycles. The summed E-state index contributed by atoms with van der Waals surface area (Å²) < 4.78 is 62.5.